The highest BCUT2D eigenvalue weighted by atomic mass is 16.6. The van der Waals surface area contributed by atoms with Gasteiger partial charge in [0.05, 0.1) is 5.71 Å². The van der Waals surface area contributed by atoms with E-state index >= 15 is 0 Å². The molecule has 0 unspecified atom stereocenters. The molecule has 0 atom stereocenters. The number of oxime groups is 1. The Bertz CT molecular complexity index is 151. The maximum atomic E-state index is 5.33. The molecule has 3 nitrogen and oxygen atoms in total. The van der Waals surface area contributed by atoms with E-state index in [1.54, 1.807) is 6.61 Å². The molecule has 1 aliphatic heterocycles. The van der Waals surface area contributed by atoms with Crippen LogP contribution in [0, 0.1) is 6.61 Å². The lowest BCUT2D eigenvalue weighted by Crippen LogP contribution is -2.01. The summed E-state index contributed by atoms with van der Waals surface area (Å²) in [4.78, 5) is 4.62. The van der Waals surface area contributed by atoms with Crippen molar-refractivity contribution in [3.8, 4) is 0 Å². The van der Waals surface area contributed by atoms with E-state index in [0.717, 1.165) is 12.1 Å². The second kappa shape index (κ2) is 2.53. The Kier molecular flexibility index (Phi) is 1.72. The minimum absolute atomic E-state index is 0.632. The van der Waals surface area contributed by atoms with Crippen LogP contribution >= 0.6 is 0 Å². The van der Waals surface area contributed by atoms with Gasteiger partial charge in [0, 0.05) is 18.5 Å². The molecule has 0 amide bonds. The Labute approximate surface area is 54.2 Å². The van der Waals surface area contributed by atoms with Crippen molar-refractivity contribution >= 4 is 5.71 Å². The third-order valence-corrected chi connectivity index (χ3v) is 1.01. The van der Waals surface area contributed by atoms with E-state index in [1.807, 2.05) is 0 Å². The summed E-state index contributed by atoms with van der Waals surface area (Å²) < 4.78 is 0. The first-order valence-electron chi connectivity index (χ1n) is 2.75. The number of hydrogen-bond donors (Lipinski definition) is 1. The number of nitrogens with zero attached hydrogens (tertiary/aromatic N) is 1. The summed E-state index contributed by atoms with van der Waals surface area (Å²) in [5.74, 6) is 0. The molecule has 3 heteroatoms. The minimum atomic E-state index is 0.632. The van der Waals surface area contributed by atoms with Crippen molar-refractivity contribution in [3.05, 3.63) is 18.9 Å². The highest BCUT2D eigenvalue weighted by molar-refractivity contribution is 5.87. The van der Waals surface area contributed by atoms with Gasteiger partial charge in [0.25, 0.3) is 0 Å². The molecule has 0 aliphatic carbocycles. The van der Waals surface area contributed by atoms with Crippen LogP contribution in [0.2, 0.25) is 0 Å². The van der Waals surface area contributed by atoms with Gasteiger partial charge >= 0.3 is 0 Å². The highest BCUT2D eigenvalue weighted by Crippen LogP contribution is 2.08. The average molecular weight is 125 g/mol. The van der Waals surface area contributed by atoms with Gasteiger partial charge in [0.2, 0.25) is 0 Å². The van der Waals surface area contributed by atoms with Crippen molar-refractivity contribution in [3.63, 3.8) is 0 Å². The van der Waals surface area contributed by atoms with Crippen LogP contribution in [0.5, 0.6) is 0 Å². The SMILES string of the molecule is C=C(N)CC1=NO[CH]C1. The Morgan fingerprint density at radius 3 is 3.22 bits per heavy atom. The fourth-order valence-corrected chi connectivity index (χ4v) is 0.649. The lowest BCUT2D eigenvalue weighted by atomic mass is 10.2. The van der Waals surface area contributed by atoms with E-state index in [2.05, 4.69) is 16.6 Å². The van der Waals surface area contributed by atoms with Crippen LogP contribution in [0.4, 0.5) is 0 Å². The van der Waals surface area contributed by atoms with Crippen LogP contribution in [0.15, 0.2) is 17.4 Å². The van der Waals surface area contributed by atoms with Gasteiger partial charge in [-0.15, -0.1) is 0 Å². The highest BCUT2D eigenvalue weighted by Gasteiger charge is 2.07. The van der Waals surface area contributed by atoms with Gasteiger partial charge in [-0.2, -0.15) is 0 Å². The third kappa shape index (κ3) is 1.76. The Balaban J connectivity index is 2.35. The van der Waals surface area contributed by atoms with Crippen LogP contribution in [0.3, 0.4) is 0 Å². The van der Waals surface area contributed by atoms with E-state index in [1.165, 1.54) is 0 Å². The first-order valence-corrected chi connectivity index (χ1v) is 2.75. The standard InChI is InChI=1S/C6H9N2O/c1-5(7)4-6-2-3-9-8-6/h3H,1-2,4,7H2. The summed E-state index contributed by atoms with van der Waals surface area (Å²) in [7, 11) is 0. The number of nitrogens with two attached hydrogens (primary N) is 1. The van der Waals surface area contributed by atoms with Gasteiger partial charge in [-0.25, -0.2) is 0 Å². The van der Waals surface area contributed by atoms with Gasteiger partial charge in [0.15, 0.2) is 6.61 Å². The van der Waals surface area contributed by atoms with Crippen LogP contribution in [0.25, 0.3) is 0 Å². The molecule has 0 fully saturated rings. The first kappa shape index (κ1) is 6.13. The van der Waals surface area contributed by atoms with Crippen molar-refractivity contribution in [2.75, 3.05) is 0 Å². The molecule has 49 valence electrons. The summed E-state index contributed by atoms with van der Waals surface area (Å²) in [5.41, 5.74) is 6.91. The minimum Gasteiger partial charge on any atom is -0.402 e. The van der Waals surface area contributed by atoms with Crippen molar-refractivity contribution in [2.24, 2.45) is 10.9 Å². The average Bonchev–Trinajstić information content (AvgIpc) is 2.15. The molecule has 0 aromatic rings. The molecule has 0 saturated heterocycles. The van der Waals surface area contributed by atoms with Crippen LogP contribution < -0.4 is 5.73 Å². The Morgan fingerprint density at radius 1 is 2.00 bits per heavy atom. The molecule has 0 aromatic carbocycles. The molecular weight excluding hydrogens is 116 g/mol. The first-order chi connectivity index (χ1) is 4.29. The van der Waals surface area contributed by atoms with E-state index in [4.69, 9.17) is 5.73 Å². The molecule has 1 rings (SSSR count). The zero-order valence-corrected chi connectivity index (χ0v) is 5.13. The summed E-state index contributed by atoms with van der Waals surface area (Å²) in [6, 6.07) is 0. The fourth-order valence-electron chi connectivity index (χ4n) is 0.649. The summed E-state index contributed by atoms with van der Waals surface area (Å²) in [5, 5.41) is 3.70. The molecule has 1 heterocycles. The molecule has 0 saturated carbocycles. The van der Waals surface area contributed by atoms with Crippen molar-refractivity contribution in [1.82, 2.24) is 0 Å². The van der Waals surface area contributed by atoms with Crippen LogP contribution in [-0.2, 0) is 4.84 Å². The zero-order valence-electron chi connectivity index (χ0n) is 5.13. The quantitative estimate of drug-likeness (QED) is 0.593. The largest absolute Gasteiger partial charge is 0.402 e. The molecule has 1 aliphatic rings. The molecular formula is C6H9N2O. The maximum absolute atomic E-state index is 5.33. The lowest BCUT2D eigenvalue weighted by Gasteiger charge is -1.93. The predicted octanol–water partition coefficient (Wildman–Crippen LogP) is 0.787. The molecule has 0 bridgehead atoms. The Morgan fingerprint density at radius 2 is 2.78 bits per heavy atom. The number of rotatable bonds is 2. The van der Waals surface area contributed by atoms with Crippen LogP contribution in [-0.4, -0.2) is 5.71 Å². The third-order valence-electron chi connectivity index (χ3n) is 1.01. The fraction of sp³-hybridized carbons (Fsp3) is 0.333. The van der Waals surface area contributed by atoms with Crippen LogP contribution in [0.1, 0.15) is 12.8 Å². The Hall–Kier alpha value is -0.990. The number of allylic oxidation sites excluding steroid dienone is 1. The van der Waals surface area contributed by atoms with E-state index < -0.39 is 0 Å². The summed E-state index contributed by atoms with van der Waals surface area (Å²) >= 11 is 0. The van der Waals surface area contributed by atoms with Gasteiger partial charge < -0.3 is 10.6 Å². The van der Waals surface area contributed by atoms with Crippen molar-refractivity contribution in [2.45, 2.75) is 12.8 Å². The zero-order chi connectivity index (χ0) is 6.69. The van der Waals surface area contributed by atoms with Gasteiger partial charge in [-0.3, -0.25) is 0 Å². The topological polar surface area (TPSA) is 47.6 Å². The second-order valence-electron chi connectivity index (χ2n) is 1.97. The molecule has 9 heavy (non-hydrogen) atoms. The second-order valence-corrected chi connectivity index (χ2v) is 1.97. The maximum Gasteiger partial charge on any atom is 0.172 e. The van der Waals surface area contributed by atoms with Crippen molar-refractivity contribution < 1.29 is 4.84 Å². The summed E-state index contributed by atoms with van der Waals surface area (Å²) in [6.07, 6.45) is 1.42. The van der Waals surface area contributed by atoms with E-state index in [9.17, 15) is 0 Å². The smallest absolute Gasteiger partial charge is 0.172 e. The monoisotopic (exact) mass is 125 g/mol. The molecule has 1 radical (unpaired) electrons. The molecule has 0 aromatic heterocycles. The number of hydrogen-bond acceptors (Lipinski definition) is 3. The van der Waals surface area contributed by atoms with Gasteiger partial charge in [-0.1, -0.05) is 11.7 Å². The predicted molar refractivity (Wildman–Crippen MR) is 35.4 cm³/mol. The lowest BCUT2D eigenvalue weighted by molar-refractivity contribution is 0.234. The normalized spacial score (nSPS) is 16.7. The van der Waals surface area contributed by atoms with Gasteiger partial charge in [-0.05, 0) is 0 Å². The van der Waals surface area contributed by atoms with E-state index in [-0.39, 0.29) is 0 Å². The summed E-state index contributed by atoms with van der Waals surface area (Å²) in [6.45, 7) is 5.18. The molecule has 0 spiro atoms. The van der Waals surface area contributed by atoms with E-state index in [0.29, 0.717) is 12.1 Å². The molecule has 2 N–H and O–H groups in total. The van der Waals surface area contributed by atoms with Crippen molar-refractivity contribution in [1.29, 1.82) is 0 Å². The van der Waals surface area contributed by atoms with Gasteiger partial charge in [0.1, 0.15) is 0 Å².